The Morgan fingerprint density at radius 1 is 1.35 bits per heavy atom. The average Bonchev–Trinajstić information content (AvgIpc) is 2.35. The van der Waals surface area contributed by atoms with Crippen LogP contribution < -0.4 is 11.1 Å². The smallest absolute Gasteiger partial charge is 0.265 e. The largest absolute Gasteiger partial charge is 0.339 e. The van der Waals surface area contributed by atoms with Gasteiger partial charge in [-0.1, -0.05) is 0 Å². The van der Waals surface area contributed by atoms with Crippen molar-refractivity contribution in [3.63, 3.8) is 0 Å². The van der Waals surface area contributed by atoms with Gasteiger partial charge < -0.3 is 0 Å². The van der Waals surface area contributed by atoms with Crippen LogP contribution in [0.4, 0.5) is 0 Å². The van der Waals surface area contributed by atoms with Crippen molar-refractivity contribution < 1.29 is 0 Å². The molecule has 2 rings (SSSR count). The van der Waals surface area contributed by atoms with Crippen LogP contribution in [0.25, 0.3) is 0 Å². The normalized spacial score (nSPS) is 10.3. The fourth-order valence-electron chi connectivity index (χ4n) is 1.66. The van der Waals surface area contributed by atoms with Crippen molar-refractivity contribution in [1.82, 2.24) is 19.7 Å². The molecule has 2 heterocycles. The number of aromatic amines is 1. The summed E-state index contributed by atoms with van der Waals surface area (Å²) in [7, 11) is 1.57. The third-order valence-electron chi connectivity index (χ3n) is 2.55. The topological polar surface area (TPSA) is 104 Å². The lowest BCUT2D eigenvalue weighted by Crippen LogP contribution is -2.33. The highest BCUT2D eigenvalue weighted by Gasteiger charge is 2.13. The minimum atomic E-state index is -0.855. The Kier molecular flexibility index (Phi) is 3.72. The van der Waals surface area contributed by atoms with Gasteiger partial charge in [-0.15, -0.1) is 0 Å². The number of aromatic nitrogens is 4. The maximum absolute atomic E-state index is 11.3. The molecule has 0 amide bonds. The Balaban J connectivity index is 2.56. The second-order valence-corrected chi connectivity index (χ2v) is 5.14. The second-order valence-electron chi connectivity index (χ2n) is 4.14. The Morgan fingerprint density at radius 3 is 2.70 bits per heavy atom. The average molecular weight is 289 g/mol. The Morgan fingerprint density at radius 2 is 2.05 bits per heavy atom. The van der Waals surface area contributed by atoms with Gasteiger partial charge in [-0.3, -0.25) is 24.4 Å². The summed E-state index contributed by atoms with van der Waals surface area (Å²) in [4.78, 5) is 31.0. The molecule has 0 radical (unpaired) electrons. The van der Waals surface area contributed by atoms with Crippen LogP contribution in [0.3, 0.4) is 0 Å². The van der Waals surface area contributed by atoms with Gasteiger partial charge in [-0.25, -0.2) is 0 Å². The van der Waals surface area contributed by atoms with Crippen molar-refractivity contribution in [1.29, 1.82) is 5.26 Å². The van der Waals surface area contributed by atoms with Crippen LogP contribution in [0.5, 0.6) is 0 Å². The molecule has 0 aromatic carbocycles. The van der Waals surface area contributed by atoms with E-state index in [1.54, 1.807) is 20.0 Å². The number of nitrogens with zero attached hydrogens (tertiary/aromatic N) is 4. The highest BCUT2D eigenvalue weighted by molar-refractivity contribution is 7.99. The molecule has 20 heavy (non-hydrogen) atoms. The summed E-state index contributed by atoms with van der Waals surface area (Å²) in [5.41, 5.74) is 0.176. The van der Waals surface area contributed by atoms with E-state index in [-0.39, 0.29) is 0 Å². The molecule has 0 atom stereocenters. The SMILES string of the molecule is Cc1cc(Sc2nc(=O)c(=O)[nH]n2C)c(C#N)c(C)n1. The van der Waals surface area contributed by atoms with Crippen LogP contribution in [0, 0.1) is 25.2 Å². The quantitative estimate of drug-likeness (QED) is 0.807. The molecule has 2 aromatic rings. The summed E-state index contributed by atoms with van der Waals surface area (Å²) in [5, 5.41) is 11.8. The number of nitrogens with one attached hydrogen (secondary N) is 1. The molecule has 8 heteroatoms. The summed E-state index contributed by atoms with van der Waals surface area (Å²) in [5.74, 6) is 0. The highest BCUT2D eigenvalue weighted by atomic mass is 32.2. The van der Waals surface area contributed by atoms with Gasteiger partial charge >= 0.3 is 11.1 Å². The van der Waals surface area contributed by atoms with Gasteiger partial charge in [0.25, 0.3) is 0 Å². The Hall–Kier alpha value is -2.40. The van der Waals surface area contributed by atoms with Crippen molar-refractivity contribution in [3.05, 3.63) is 43.7 Å². The van der Waals surface area contributed by atoms with Crippen molar-refractivity contribution in [2.24, 2.45) is 7.05 Å². The summed E-state index contributed by atoms with van der Waals surface area (Å²) in [6, 6.07) is 3.83. The highest BCUT2D eigenvalue weighted by Crippen LogP contribution is 2.29. The minimum absolute atomic E-state index is 0.302. The zero-order valence-electron chi connectivity index (χ0n) is 11.1. The number of hydrogen-bond donors (Lipinski definition) is 1. The number of nitriles is 1. The summed E-state index contributed by atoms with van der Waals surface area (Å²) >= 11 is 1.14. The number of H-pyrrole nitrogens is 1. The van der Waals surface area contributed by atoms with Gasteiger partial charge in [0, 0.05) is 17.6 Å². The maximum Gasteiger partial charge on any atom is 0.339 e. The summed E-state index contributed by atoms with van der Waals surface area (Å²) in [6.07, 6.45) is 0. The van der Waals surface area contributed by atoms with E-state index in [9.17, 15) is 14.9 Å². The Bertz CT molecular complexity index is 831. The van der Waals surface area contributed by atoms with E-state index in [4.69, 9.17) is 0 Å². The van der Waals surface area contributed by atoms with Crippen molar-refractivity contribution in [2.45, 2.75) is 23.9 Å². The molecule has 0 saturated carbocycles. The molecule has 2 aromatic heterocycles. The first-order valence-electron chi connectivity index (χ1n) is 5.66. The molecule has 7 nitrogen and oxygen atoms in total. The molecule has 0 fully saturated rings. The van der Waals surface area contributed by atoms with Gasteiger partial charge in [-0.2, -0.15) is 10.2 Å². The van der Waals surface area contributed by atoms with Gasteiger partial charge in [0.1, 0.15) is 6.07 Å². The van der Waals surface area contributed by atoms with E-state index in [0.717, 1.165) is 17.5 Å². The van der Waals surface area contributed by atoms with Crippen LogP contribution in [-0.4, -0.2) is 19.7 Å². The number of hydrogen-bond acceptors (Lipinski definition) is 6. The Labute approximate surface area is 118 Å². The van der Waals surface area contributed by atoms with Crippen molar-refractivity contribution in [2.75, 3.05) is 0 Å². The molecule has 0 bridgehead atoms. The van der Waals surface area contributed by atoms with E-state index in [1.807, 2.05) is 6.92 Å². The lowest BCUT2D eigenvalue weighted by Gasteiger charge is -2.09. The molecular formula is C12H11N5O2S. The molecule has 0 spiro atoms. The number of aryl methyl sites for hydroxylation is 3. The van der Waals surface area contributed by atoms with E-state index < -0.39 is 11.1 Å². The van der Waals surface area contributed by atoms with Gasteiger partial charge in [-0.05, 0) is 31.7 Å². The molecular weight excluding hydrogens is 278 g/mol. The van der Waals surface area contributed by atoms with Crippen LogP contribution in [0.15, 0.2) is 25.7 Å². The first kappa shape index (κ1) is 14.0. The standard InChI is InChI=1S/C12H11N5O2S/c1-6-4-9(8(5-13)7(2)14-6)20-12-15-10(18)11(19)16-17(12)3/h4H,1-3H3,(H,16,19). The van der Waals surface area contributed by atoms with Crippen molar-refractivity contribution in [3.8, 4) is 6.07 Å². The van der Waals surface area contributed by atoms with Gasteiger partial charge in [0.2, 0.25) is 0 Å². The molecule has 0 unspecified atom stereocenters. The third kappa shape index (κ3) is 2.62. The van der Waals surface area contributed by atoms with Gasteiger partial charge in [0.05, 0.1) is 11.3 Å². The molecule has 102 valence electrons. The van der Waals surface area contributed by atoms with Crippen LogP contribution in [0.1, 0.15) is 17.0 Å². The molecule has 0 aliphatic carbocycles. The van der Waals surface area contributed by atoms with E-state index >= 15 is 0 Å². The van der Waals surface area contributed by atoms with E-state index in [2.05, 4.69) is 21.1 Å². The summed E-state index contributed by atoms with van der Waals surface area (Å²) < 4.78 is 1.35. The zero-order chi connectivity index (χ0) is 14.9. The predicted octanol–water partition coefficient (Wildman–Crippen LogP) is 0.503. The molecule has 0 saturated heterocycles. The van der Waals surface area contributed by atoms with E-state index in [1.165, 1.54) is 4.68 Å². The first-order chi connectivity index (χ1) is 9.42. The predicted molar refractivity (Wildman–Crippen MR) is 72.6 cm³/mol. The van der Waals surface area contributed by atoms with E-state index in [0.29, 0.717) is 21.3 Å². The minimum Gasteiger partial charge on any atom is -0.265 e. The maximum atomic E-state index is 11.3. The molecule has 0 aliphatic rings. The van der Waals surface area contributed by atoms with Crippen LogP contribution >= 0.6 is 11.8 Å². The lowest BCUT2D eigenvalue weighted by molar-refractivity contribution is 0.596. The fraction of sp³-hybridized carbons (Fsp3) is 0.250. The first-order valence-corrected chi connectivity index (χ1v) is 6.47. The molecule has 1 N–H and O–H groups in total. The zero-order valence-corrected chi connectivity index (χ0v) is 11.9. The number of pyridine rings is 1. The van der Waals surface area contributed by atoms with Crippen LogP contribution in [-0.2, 0) is 7.05 Å². The third-order valence-corrected chi connectivity index (χ3v) is 3.64. The van der Waals surface area contributed by atoms with Crippen LogP contribution in [0.2, 0.25) is 0 Å². The second kappa shape index (κ2) is 5.30. The molecule has 0 aliphatic heterocycles. The lowest BCUT2D eigenvalue weighted by atomic mass is 10.2. The summed E-state index contributed by atoms with van der Waals surface area (Å²) in [6.45, 7) is 3.56. The monoisotopic (exact) mass is 289 g/mol. The van der Waals surface area contributed by atoms with Gasteiger partial charge in [0.15, 0.2) is 5.16 Å². The van der Waals surface area contributed by atoms with Crippen molar-refractivity contribution >= 4 is 11.8 Å². The number of rotatable bonds is 2. The fourth-order valence-corrected chi connectivity index (χ4v) is 2.69.